The third kappa shape index (κ3) is 8.82. The molecule has 0 spiro atoms. The first-order chi connectivity index (χ1) is 19.0. The normalized spacial score (nSPS) is 17.9. The number of carbonyl (C=O) groups is 2. The zero-order valence-electron chi connectivity index (χ0n) is 21.9. The number of carbonyl (C=O) groups excluding carboxylic acids is 1. The Hall–Kier alpha value is -3.39. The third-order valence-electron chi connectivity index (χ3n) is 7.01. The largest absolute Gasteiger partial charge is 0.465 e. The van der Waals surface area contributed by atoms with E-state index in [1.807, 2.05) is 84.9 Å². The number of benzene rings is 3. The molecular weight excluding hydrogens is 514 g/mol. The molecule has 3 atom stereocenters. The number of rotatable bonds is 12. The van der Waals surface area contributed by atoms with E-state index in [-0.39, 0.29) is 18.1 Å². The molecule has 0 saturated carbocycles. The average molecular weight is 550 g/mol. The molecule has 2 amide bonds. The molecule has 0 radical (unpaired) electrons. The van der Waals surface area contributed by atoms with Crippen molar-refractivity contribution >= 4 is 23.6 Å². The first-order valence-electron chi connectivity index (χ1n) is 13.5. The lowest BCUT2D eigenvalue weighted by Crippen LogP contribution is -2.50. The van der Waals surface area contributed by atoms with Gasteiger partial charge in [-0.05, 0) is 54.5 Å². The van der Waals surface area contributed by atoms with Crippen molar-refractivity contribution in [3.05, 3.63) is 107 Å². The van der Waals surface area contributed by atoms with E-state index in [1.165, 1.54) is 5.56 Å². The number of halogens is 1. The van der Waals surface area contributed by atoms with Crippen molar-refractivity contribution in [2.75, 3.05) is 19.6 Å². The lowest BCUT2D eigenvalue weighted by atomic mass is 9.84. The number of carboxylic acid groups (broad SMARTS) is 1. The number of nitrogens with one attached hydrogen (secondary N) is 3. The molecule has 1 saturated heterocycles. The number of hydrogen-bond acceptors (Lipinski definition) is 4. The van der Waals surface area contributed by atoms with Crippen molar-refractivity contribution in [2.24, 2.45) is 0 Å². The zero-order chi connectivity index (χ0) is 27.5. The molecule has 8 heteroatoms. The van der Waals surface area contributed by atoms with Crippen LogP contribution in [0, 0.1) is 0 Å². The van der Waals surface area contributed by atoms with E-state index in [4.69, 9.17) is 16.3 Å². The highest BCUT2D eigenvalue weighted by Crippen LogP contribution is 2.28. The second-order valence-corrected chi connectivity index (χ2v) is 10.3. The number of ether oxygens (including phenoxy) is 1. The third-order valence-corrected chi connectivity index (χ3v) is 7.26. The van der Waals surface area contributed by atoms with Gasteiger partial charge < -0.3 is 25.8 Å². The number of hydrogen-bond donors (Lipinski definition) is 4. The summed E-state index contributed by atoms with van der Waals surface area (Å²) in [5, 5.41) is 19.2. The smallest absolute Gasteiger partial charge is 0.405 e. The molecule has 1 heterocycles. The van der Waals surface area contributed by atoms with E-state index >= 15 is 0 Å². The van der Waals surface area contributed by atoms with E-state index in [0.29, 0.717) is 6.54 Å². The number of morpholine rings is 1. The van der Waals surface area contributed by atoms with Gasteiger partial charge in [0.05, 0.1) is 12.2 Å². The van der Waals surface area contributed by atoms with E-state index in [1.54, 1.807) is 0 Å². The minimum Gasteiger partial charge on any atom is -0.465 e. The Morgan fingerprint density at radius 3 is 2.08 bits per heavy atom. The molecule has 206 valence electrons. The Morgan fingerprint density at radius 1 is 0.897 bits per heavy atom. The van der Waals surface area contributed by atoms with Crippen LogP contribution in [0.3, 0.4) is 0 Å². The minimum atomic E-state index is -1.24. The molecular formula is C31H36ClN3O4. The molecule has 39 heavy (non-hydrogen) atoms. The van der Waals surface area contributed by atoms with Gasteiger partial charge in [-0.1, -0.05) is 84.4 Å². The van der Waals surface area contributed by atoms with Gasteiger partial charge in [0, 0.05) is 30.6 Å². The Kier molecular flexibility index (Phi) is 10.8. The van der Waals surface area contributed by atoms with Crippen molar-refractivity contribution < 1.29 is 19.4 Å². The highest BCUT2D eigenvalue weighted by Gasteiger charge is 2.32. The summed E-state index contributed by atoms with van der Waals surface area (Å²) in [5.41, 5.74) is 2.97. The van der Waals surface area contributed by atoms with Gasteiger partial charge in [-0.2, -0.15) is 0 Å². The molecule has 3 aromatic rings. The molecule has 1 unspecified atom stereocenters. The summed E-state index contributed by atoms with van der Waals surface area (Å²) in [6, 6.07) is 26.0. The zero-order valence-corrected chi connectivity index (χ0v) is 22.6. The molecule has 7 nitrogen and oxygen atoms in total. The van der Waals surface area contributed by atoms with Crippen molar-refractivity contribution in [3.8, 4) is 0 Å². The van der Waals surface area contributed by atoms with E-state index in [0.717, 1.165) is 54.9 Å². The van der Waals surface area contributed by atoms with Crippen LogP contribution in [0.1, 0.15) is 41.9 Å². The molecule has 4 N–H and O–H groups in total. The van der Waals surface area contributed by atoms with Crippen molar-refractivity contribution in [1.82, 2.24) is 16.0 Å². The number of aryl methyl sites for hydroxylation is 1. The maximum absolute atomic E-state index is 13.3. The molecule has 1 aliphatic heterocycles. The van der Waals surface area contributed by atoms with Crippen LogP contribution in [0.25, 0.3) is 0 Å². The van der Waals surface area contributed by atoms with Gasteiger partial charge in [0.2, 0.25) is 5.91 Å². The predicted octanol–water partition coefficient (Wildman–Crippen LogP) is 4.99. The maximum atomic E-state index is 13.3. The highest BCUT2D eigenvalue weighted by molar-refractivity contribution is 6.30. The van der Waals surface area contributed by atoms with Crippen LogP contribution in [-0.4, -0.2) is 55.0 Å². The number of amides is 2. The summed E-state index contributed by atoms with van der Waals surface area (Å²) in [4.78, 5) is 25.0. The monoisotopic (exact) mass is 549 g/mol. The molecule has 4 rings (SSSR count). The van der Waals surface area contributed by atoms with Crippen LogP contribution in [-0.2, 0) is 16.0 Å². The molecule has 0 aliphatic carbocycles. The molecule has 1 aliphatic rings. The van der Waals surface area contributed by atoms with E-state index < -0.39 is 18.1 Å². The van der Waals surface area contributed by atoms with Gasteiger partial charge in [0.15, 0.2) is 0 Å². The predicted molar refractivity (Wildman–Crippen MR) is 153 cm³/mol. The maximum Gasteiger partial charge on any atom is 0.405 e. The van der Waals surface area contributed by atoms with Crippen LogP contribution in [0.15, 0.2) is 84.9 Å². The first kappa shape index (κ1) is 28.6. The molecule has 1 fully saturated rings. The molecule has 0 bridgehead atoms. The lowest BCUT2D eigenvalue weighted by Gasteiger charge is -2.31. The first-order valence-corrected chi connectivity index (χ1v) is 13.8. The summed E-state index contributed by atoms with van der Waals surface area (Å²) in [6.45, 7) is 2.03. The van der Waals surface area contributed by atoms with Crippen molar-refractivity contribution in [2.45, 2.75) is 49.9 Å². The van der Waals surface area contributed by atoms with Gasteiger partial charge >= 0.3 is 6.09 Å². The van der Waals surface area contributed by atoms with Crippen LogP contribution in [0.2, 0.25) is 5.02 Å². The Labute approximate surface area is 234 Å². The summed E-state index contributed by atoms with van der Waals surface area (Å²) in [6.07, 6.45) is 2.33. The highest BCUT2D eigenvalue weighted by atomic mass is 35.5. The van der Waals surface area contributed by atoms with Gasteiger partial charge in [0.1, 0.15) is 6.04 Å². The second-order valence-electron chi connectivity index (χ2n) is 9.86. The molecule has 3 aromatic carbocycles. The van der Waals surface area contributed by atoms with Crippen LogP contribution in [0.5, 0.6) is 0 Å². The summed E-state index contributed by atoms with van der Waals surface area (Å²) >= 11 is 5.98. The Bertz CT molecular complexity index is 1140. The second kappa shape index (κ2) is 14.7. The minimum absolute atomic E-state index is 0.0696. The average Bonchev–Trinajstić information content (AvgIpc) is 2.96. The van der Waals surface area contributed by atoms with Crippen LogP contribution in [0.4, 0.5) is 4.79 Å². The summed E-state index contributed by atoms with van der Waals surface area (Å²) in [5.74, 6) is -0.811. The van der Waals surface area contributed by atoms with Gasteiger partial charge in [0.25, 0.3) is 0 Å². The lowest BCUT2D eigenvalue weighted by molar-refractivity contribution is -0.123. The van der Waals surface area contributed by atoms with Crippen LogP contribution >= 0.6 is 11.6 Å². The summed E-state index contributed by atoms with van der Waals surface area (Å²) < 4.78 is 6.30. The van der Waals surface area contributed by atoms with Crippen LogP contribution < -0.4 is 16.0 Å². The fourth-order valence-corrected chi connectivity index (χ4v) is 5.20. The van der Waals surface area contributed by atoms with Gasteiger partial charge in [-0.15, -0.1) is 0 Å². The van der Waals surface area contributed by atoms with Gasteiger partial charge in [-0.3, -0.25) is 4.79 Å². The molecule has 0 aromatic heterocycles. The van der Waals surface area contributed by atoms with Gasteiger partial charge in [-0.25, -0.2) is 4.79 Å². The van der Waals surface area contributed by atoms with E-state index in [9.17, 15) is 14.7 Å². The Balaban J connectivity index is 1.30. The SMILES string of the molecule is O=C(O)N[C@H](C(=O)NCCCC1CNC[C@@H](CCc2ccc(Cl)cc2)O1)C(c1ccccc1)c1ccccc1. The van der Waals surface area contributed by atoms with Crippen molar-refractivity contribution in [3.63, 3.8) is 0 Å². The van der Waals surface area contributed by atoms with Crippen molar-refractivity contribution in [1.29, 1.82) is 0 Å². The summed E-state index contributed by atoms with van der Waals surface area (Å²) in [7, 11) is 0. The fourth-order valence-electron chi connectivity index (χ4n) is 5.08. The topological polar surface area (TPSA) is 99.7 Å². The standard InChI is InChI=1S/C31H36ClN3O4/c32-25-16-13-22(14-17-25)15-18-27-21-33-20-26(39-27)12-7-19-34-30(36)29(35-31(37)38)28(23-8-3-1-4-9-23)24-10-5-2-6-11-24/h1-6,8-11,13-14,16-17,26-29,33,35H,7,12,15,18-21H2,(H,34,36)(H,37,38)/t26?,27-,29+/m1/s1. The quantitative estimate of drug-likeness (QED) is 0.238. The Morgan fingerprint density at radius 2 is 1.49 bits per heavy atom. The fraction of sp³-hybridized carbons (Fsp3) is 0.355. The van der Waals surface area contributed by atoms with E-state index in [2.05, 4.69) is 16.0 Å².